The zero-order chi connectivity index (χ0) is 13.7. The molecule has 0 bridgehead atoms. The second-order valence-electron chi connectivity index (χ2n) is 4.21. The molecule has 1 heterocycles. The van der Waals surface area contributed by atoms with Gasteiger partial charge in [0.05, 0.1) is 12.3 Å². The highest BCUT2D eigenvalue weighted by Gasteiger charge is 2.04. The van der Waals surface area contributed by atoms with Gasteiger partial charge in [-0.15, -0.1) is 0 Å². The van der Waals surface area contributed by atoms with Crippen LogP contribution in [0, 0.1) is 0 Å². The average molecular weight is 260 g/mol. The molecule has 1 unspecified atom stereocenters. The molecule has 2 rings (SSSR count). The van der Waals surface area contributed by atoms with E-state index in [1.807, 2.05) is 0 Å². The number of urea groups is 1. The van der Waals surface area contributed by atoms with Crippen LogP contribution in [0.5, 0.6) is 0 Å². The lowest BCUT2D eigenvalue weighted by Crippen LogP contribution is -2.27. The number of nitrogens with one attached hydrogen (secondary N) is 3. The van der Waals surface area contributed by atoms with Gasteiger partial charge in [0.2, 0.25) is 0 Å². The van der Waals surface area contributed by atoms with Crippen molar-refractivity contribution in [2.75, 3.05) is 5.32 Å². The number of rotatable bonds is 4. The third-order valence-electron chi connectivity index (χ3n) is 2.66. The van der Waals surface area contributed by atoms with Gasteiger partial charge in [-0.1, -0.05) is 12.1 Å². The van der Waals surface area contributed by atoms with Gasteiger partial charge in [0, 0.05) is 24.0 Å². The molecular weight excluding hydrogens is 244 g/mol. The lowest BCUT2D eigenvalue weighted by molar-refractivity contribution is 0.199. The maximum Gasteiger partial charge on any atom is 0.319 e. The van der Waals surface area contributed by atoms with Crippen LogP contribution in [0.25, 0.3) is 0 Å². The van der Waals surface area contributed by atoms with Crippen molar-refractivity contribution in [1.82, 2.24) is 15.5 Å². The van der Waals surface area contributed by atoms with Crippen molar-refractivity contribution in [2.24, 2.45) is 0 Å². The second-order valence-corrected chi connectivity index (χ2v) is 4.21. The van der Waals surface area contributed by atoms with Gasteiger partial charge >= 0.3 is 6.03 Å². The predicted molar refractivity (Wildman–Crippen MR) is 71.5 cm³/mol. The molecule has 6 nitrogen and oxygen atoms in total. The summed E-state index contributed by atoms with van der Waals surface area (Å²) in [5, 5.41) is 21.3. The molecule has 1 aromatic heterocycles. The quantitative estimate of drug-likeness (QED) is 0.675. The smallest absolute Gasteiger partial charge is 0.319 e. The van der Waals surface area contributed by atoms with E-state index in [0.717, 1.165) is 11.1 Å². The molecule has 0 aliphatic rings. The fourth-order valence-electron chi connectivity index (χ4n) is 1.58. The summed E-state index contributed by atoms with van der Waals surface area (Å²) in [6.45, 7) is 2.11. The number of hydrogen-bond acceptors (Lipinski definition) is 3. The summed E-state index contributed by atoms with van der Waals surface area (Å²) in [6.07, 6.45) is 2.86. The summed E-state index contributed by atoms with van der Waals surface area (Å²) >= 11 is 0. The van der Waals surface area contributed by atoms with Crippen LogP contribution in [0.3, 0.4) is 0 Å². The van der Waals surface area contributed by atoms with Gasteiger partial charge in [-0.05, 0) is 24.6 Å². The summed E-state index contributed by atoms with van der Waals surface area (Å²) in [5.74, 6) is 0. The molecule has 6 heteroatoms. The van der Waals surface area contributed by atoms with Gasteiger partial charge < -0.3 is 15.7 Å². The van der Waals surface area contributed by atoms with Gasteiger partial charge in [0.1, 0.15) is 0 Å². The highest BCUT2D eigenvalue weighted by molar-refractivity contribution is 5.89. The first kappa shape index (κ1) is 13.1. The molecule has 0 fully saturated rings. The standard InChI is InChI=1S/C13H16N4O2/c1-9(18)11-2-4-12(5-3-11)17-13(19)14-6-10-7-15-16-8-10/h2-5,7-9,18H,6H2,1H3,(H,15,16)(H2,14,17,19). The van der Waals surface area contributed by atoms with E-state index in [1.54, 1.807) is 43.6 Å². The van der Waals surface area contributed by atoms with Gasteiger partial charge in [0.15, 0.2) is 0 Å². The zero-order valence-electron chi connectivity index (χ0n) is 10.6. The van der Waals surface area contributed by atoms with Gasteiger partial charge in [0.25, 0.3) is 0 Å². The number of aromatic nitrogens is 2. The van der Waals surface area contributed by atoms with Crippen molar-refractivity contribution < 1.29 is 9.90 Å². The number of aromatic amines is 1. The van der Waals surface area contributed by atoms with Crippen LogP contribution in [0.1, 0.15) is 24.2 Å². The molecular formula is C13H16N4O2. The van der Waals surface area contributed by atoms with E-state index < -0.39 is 6.10 Å². The van der Waals surface area contributed by atoms with E-state index >= 15 is 0 Å². The first-order valence-electron chi connectivity index (χ1n) is 5.95. The van der Waals surface area contributed by atoms with Crippen molar-refractivity contribution in [3.8, 4) is 0 Å². The predicted octanol–water partition coefficient (Wildman–Crippen LogP) is 1.78. The Kier molecular flexibility index (Phi) is 4.15. The lowest BCUT2D eigenvalue weighted by Gasteiger charge is -2.08. The average Bonchev–Trinajstić information content (AvgIpc) is 2.90. The van der Waals surface area contributed by atoms with E-state index in [2.05, 4.69) is 20.8 Å². The molecule has 4 N–H and O–H groups in total. The van der Waals surface area contributed by atoms with Crippen LogP contribution in [0.15, 0.2) is 36.7 Å². The van der Waals surface area contributed by atoms with Crippen LogP contribution in [-0.2, 0) is 6.54 Å². The zero-order valence-corrected chi connectivity index (χ0v) is 10.6. The number of aliphatic hydroxyl groups excluding tert-OH is 1. The third-order valence-corrected chi connectivity index (χ3v) is 2.66. The largest absolute Gasteiger partial charge is 0.389 e. The molecule has 0 radical (unpaired) electrons. The topological polar surface area (TPSA) is 90.0 Å². The molecule has 1 aromatic carbocycles. The number of benzene rings is 1. The highest BCUT2D eigenvalue weighted by Crippen LogP contribution is 2.15. The van der Waals surface area contributed by atoms with Crippen molar-refractivity contribution in [2.45, 2.75) is 19.6 Å². The Bertz CT molecular complexity index is 520. The minimum absolute atomic E-state index is 0.286. The van der Waals surface area contributed by atoms with E-state index in [9.17, 15) is 9.90 Å². The monoisotopic (exact) mass is 260 g/mol. The fraction of sp³-hybridized carbons (Fsp3) is 0.231. The number of amides is 2. The van der Waals surface area contributed by atoms with Crippen molar-refractivity contribution in [1.29, 1.82) is 0 Å². The Morgan fingerprint density at radius 1 is 1.42 bits per heavy atom. The van der Waals surface area contributed by atoms with Gasteiger partial charge in [-0.25, -0.2) is 4.79 Å². The maximum absolute atomic E-state index is 11.6. The Labute approximate surface area is 110 Å². The van der Waals surface area contributed by atoms with Crippen LogP contribution in [-0.4, -0.2) is 21.3 Å². The molecule has 0 aliphatic carbocycles. The first-order valence-corrected chi connectivity index (χ1v) is 5.95. The molecule has 19 heavy (non-hydrogen) atoms. The maximum atomic E-state index is 11.6. The molecule has 2 amide bonds. The minimum atomic E-state index is -0.510. The number of carbonyl (C=O) groups is 1. The van der Waals surface area contributed by atoms with E-state index in [0.29, 0.717) is 12.2 Å². The molecule has 1 atom stereocenters. The minimum Gasteiger partial charge on any atom is -0.389 e. The Hall–Kier alpha value is -2.34. The van der Waals surface area contributed by atoms with Crippen molar-refractivity contribution in [3.05, 3.63) is 47.8 Å². The first-order chi connectivity index (χ1) is 9.15. The number of nitrogens with zero attached hydrogens (tertiary/aromatic N) is 1. The summed E-state index contributed by atoms with van der Waals surface area (Å²) in [6, 6.07) is 6.76. The van der Waals surface area contributed by atoms with E-state index in [4.69, 9.17) is 0 Å². The summed E-state index contributed by atoms with van der Waals surface area (Å²) < 4.78 is 0. The number of anilines is 1. The normalized spacial score (nSPS) is 11.9. The van der Waals surface area contributed by atoms with Crippen LogP contribution in [0.2, 0.25) is 0 Å². The third kappa shape index (κ3) is 3.82. The van der Waals surface area contributed by atoms with Crippen LogP contribution < -0.4 is 10.6 Å². The van der Waals surface area contributed by atoms with Crippen molar-refractivity contribution in [3.63, 3.8) is 0 Å². The fourth-order valence-corrected chi connectivity index (χ4v) is 1.58. The molecule has 100 valence electrons. The van der Waals surface area contributed by atoms with Crippen LogP contribution >= 0.6 is 0 Å². The summed E-state index contributed by atoms with van der Waals surface area (Å²) in [7, 11) is 0. The number of H-pyrrole nitrogens is 1. The molecule has 0 saturated carbocycles. The summed E-state index contributed by atoms with van der Waals surface area (Å²) in [5.41, 5.74) is 2.39. The molecule has 0 aliphatic heterocycles. The van der Waals surface area contributed by atoms with E-state index in [-0.39, 0.29) is 6.03 Å². The Balaban J connectivity index is 1.84. The number of hydrogen-bond donors (Lipinski definition) is 4. The van der Waals surface area contributed by atoms with Gasteiger partial charge in [-0.3, -0.25) is 5.10 Å². The summed E-state index contributed by atoms with van der Waals surface area (Å²) in [4.78, 5) is 11.6. The Morgan fingerprint density at radius 2 is 2.16 bits per heavy atom. The molecule has 0 spiro atoms. The lowest BCUT2D eigenvalue weighted by atomic mass is 10.1. The second kappa shape index (κ2) is 6.01. The highest BCUT2D eigenvalue weighted by atomic mass is 16.3. The van der Waals surface area contributed by atoms with Gasteiger partial charge in [-0.2, -0.15) is 5.10 Å². The number of aliphatic hydroxyl groups is 1. The van der Waals surface area contributed by atoms with Crippen molar-refractivity contribution >= 4 is 11.7 Å². The Morgan fingerprint density at radius 3 is 2.74 bits per heavy atom. The molecule has 0 saturated heterocycles. The SMILES string of the molecule is CC(O)c1ccc(NC(=O)NCc2cn[nH]c2)cc1. The number of carbonyl (C=O) groups excluding carboxylic acids is 1. The van der Waals surface area contributed by atoms with Crippen LogP contribution in [0.4, 0.5) is 10.5 Å². The van der Waals surface area contributed by atoms with E-state index in [1.165, 1.54) is 0 Å². The molecule has 2 aromatic rings.